The average molecular weight is 779 g/mol. The summed E-state index contributed by atoms with van der Waals surface area (Å²) in [5.41, 5.74) is 13.3. The second kappa shape index (κ2) is 23.8. The van der Waals surface area contributed by atoms with E-state index in [4.69, 9.17) is 4.74 Å². The lowest BCUT2D eigenvalue weighted by Gasteiger charge is -2.23. The SMILES string of the molecule is CCN(CC)c1ccc(C(=CC(C=C(c2ccc(N(CC)CC)cc2)c2ccc(N(CC)CC)cc2)OC)c2ccc(N(CC)CC)cc2)cc1.Cc1ccccc1. The van der Waals surface area contributed by atoms with Crippen molar-refractivity contribution in [3.05, 3.63) is 167 Å². The maximum Gasteiger partial charge on any atom is 0.0952 e. The van der Waals surface area contributed by atoms with Gasteiger partial charge >= 0.3 is 0 Å². The van der Waals surface area contributed by atoms with Crippen LogP contribution < -0.4 is 19.6 Å². The maximum atomic E-state index is 6.30. The summed E-state index contributed by atoms with van der Waals surface area (Å²) in [6.07, 6.45) is 4.30. The molecule has 0 heterocycles. The van der Waals surface area contributed by atoms with Crippen LogP contribution in [0.1, 0.15) is 83.2 Å². The Bertz CT molecular complexity index is 1690. The molecule has 0 aromatic heterocycles. The molecule has 5 nitrogen and oxygen atoms in total. The zero-order valence-corrected chi connectivity index (χ0v) is 37.2. The number of methoxy groups -OCH3 is 1. The van der Waals surface area contributed by atoms with E-state index in [-0.39, 0.29) is 6.10 Å². The van der Waals surface area contributed by atoms with Gasteiger partial charge < -0.3 is 24.3 Å². The molecule has 5 aromatic rings. The van der Waals surface area contributed by atoms with Crippen LogP contribution in [0.3, 0.4) is 0 Å². The summed E-state index contributed by atoms with van der Waals surface area (Å²) < 4.78 is 6.30. The van der Waals surface area contributed by atoms with Gasteiger partial charge in [-0.2, -0.15) is 0 Å². The highest BCUT2D eigenvalue weighted by atomic mass is 16.5. The zero-order valence-electron chi connectivity index (χ0n) is 37.2. The molecular weight excluding hydrogens is 709 g/mol. The van der Waals surface area contributed by atoms with Gasteiger partial charge in [0.05, 0.1) is 6.10 Å². The van der Waals surface area contributed by atoms with Gasteiger partial charge in [0.1, 0.15) is 0 Å². The highest BCUT2D eigenvalue weighted by Gasteiger charge is 2.15. The molecule has 0 aliphatic carbocycles. The van der Waals surface area contributed by atoms with Crippen molar-refractivity contribution in [2.24, 2.45) is 0 Å². The van der Waals surface area contributed by atoms with Crippen molar-refractivity contribution >= 4 is 33.9 Å². The molecule has 0 atom stereocenters. The lowest BCUT2D eigenvalue weighted by molar-refractivity contribution is 0.178. The molecular formula is C53H70N4O. The minimum atomic E-state index is -0.273. The Morgan fingerprint density at radius 2 is 0.638 bits per heavy atom. The maximum absolute atomic E-state index is 6.30. The van der Waals surface area contributed by atoms with Crippen LogP contribution in [0.15, 0.2) is 140 Å². The lowest BCUT2D eigenvalue weighted by Crippen LogP contribution is -2.21. The molecule has 0 amide bonds. The van der Waals surface area contributed by atoms with Crippen molar-refractivity contribution < 1.29 is 4.74 Å². The number of anilines is 4. The molecule has 0 bridgehead atoms. The Hall–Kier alpha value is -5.26. The number of hydrogen-bond acceptors (Lipinski definition) is 5. The Labute approximate surface area is 352 Å². The zero-order chi connectivity index (χ0) is 41.9. The lowest BCUT2D eigenvalue weighted by atomic mass is 9.92. The molecule has 0 spiro atoms. The molecule has 308 valence electrons. The van der Waals surface area contributed by atoms with Crippen molar-refractivity contribution in [3.8, 4) is 0 Å². The largest absolute Gasteiger partial charge is 0.373 e. The van der Waals surface area contributed by atoms with Gasteiger partial charge in [0.25, 0.3) is 0 Å². The number of ether oxygens (including phenoxy) is 1. The normalized spacial score (nSPS) is 10.7. The highest BCUT2D eigenvalue weighted by Crippen LogP contribution is 2.32. The van der Waals surface area contributed by atoms with Gasteiger partial charge in [-0.1, -0.05) is 84.4 Å². The highest BCUT2D eigenvalue weighted by molar-refractivity contribution is 5.84. The first-order valence-corrected chi connectivity index (χ1v) is 21.7. The van der Waals surface area contributed by atoms with Crippen molar-refractivity contribution in [1.29, 1.82) is 0 Å². The minimum Gasteiger partial charge on any atom is -0.373 e. The molecule has 0 unspecified atom stereocenters. The molecule has 0 aliphatic rings. The third kappa shape index (κ3) is 12.4. The Morgan fingerprint density at radius 1 is 0.397 bits per heavy atom. The van der Waals surface area contributed by atoms with E-state index < -0.39 is 0 Å². The minimum absolute atomic E-state index is 0.273. The van der Waals surface area contributed by atoms with E-state index in [1.54, 1.807) is 0 Å². The first-order chi connectivity index (χ1) is 28.3. The van der Waals surface area contributed by atoms with E-state index in [1.807, 2.05) is 25.3 Å². The monoisotopic (exact) mass is 779 g/mol. The first-order valence-electron chi connectivity index (χ1n) is 21.7. The van der Waals surface area contributed by atoms with Crippen molar-refractivity contribution in [2.45, 2.75) is 68.4 Å². The third-order valence-electron chi connectivity index (χ3n) is 11.1. The molecule has 58 heavy (non-hydrogen) atoms. The van der Waals surface area contributed by atoms with Crippen molar-refractivity contribution in [3.63, 3.8) is 0 Å². The Balaban J connectivity index is 0.000000958. The van der Waals surface area contributed by atoms with E-state index in [0.29, 0.717) is 0 Å². The third-order valence-corrected chi connectivity index (χ3v) is 11.1. The summed E-state index contributed by atoms with van der Waals surface area (Å²) in [6, 6.07) is 46.3. The molecule has 0 saturated carbocycles. The Kier molecular flexibility index (Phi) is 18.7. The van der Waals surface area contributed by atoms with Gasteiger partial charge in [-0.15, -0.1) is 0 Å². The second-order valence-electron chi connectivity index (χ2n) is 14.4. The summed E-state index contributed by atoms with van der Waals surface area (Å²) in [4.78, 5) is 9.54. The fourth-order valence-corrected chi connectivity index (χ4v) is 7.53. The molecule has 0 fully saturated rings. The van der Waals surface area contributed by atoms with Crippen LogP contribution in [-0.4, -0.2) is 65.6 Å². The molecule has 0 N–H and O–H groups in total. The fraction of sp³-hybridized carbons (Fsp3) is 0.358. The summed E-state index contributed by atoms with van der Waals surface area (Å²) in [5, 5.41) is 0. The average Bonchev–Trinajstić information content (AvgIpc) is 3.27. The molecule has 0 radical (unpaired) electrons. The molecule has 0 saturated heterocycles. The van der Waals surface area contributed by atoms with Gasteiger partial charge in [0.2, 0.25) is 0 Å². The topological polar surface area (TPSA) is 22.2 Å². The smallest absolute Gasteiger partial charge is 0.0952 e. The number of rotatable bonds is 19. The molecule has 5 heteroatoms. The van der Waals surface area contributed by atoms with E-state index in [1.165, 1.54) is 50.6 Å². The predicted octanol–water partition coefficient (Wildman–Crippen LogP) is 12.6. The fourth-order valence-electron chi connectivity index (χ4n) is 7.53. The van der Waals surface area contributed by atoms with Gasteiger partial charge in [-0.05, 0) is 156 Å². The van der Waals surface area contributed by atoms with Crippen LogP contribution in [0.4, 0.5) is 22.7 Å². The van der Waals surface area contributed by atoms with Gasteiger partial charge in [0, 0.05) is 82.2 Å². The summed E-state index contributed by atoms with van der Waals surface area (Å²) in [7, 11) is 1.81. The summed E-state index contributed by atoms with van der Waals surface area (Å²) >= 11 is 0. The van der Waals surface area contributed by atoms with E-state index in [2.05, 4.69) is 203 Å². The van der Waals surface area contributed by atoms with Crippen LogP contribution in [0.2, 0.25) is 0 Å². The van der Waals surface area contributed by atoms with E-state index in [0.717, 1.165) is 63.5 Å². The number of nitrogens with zero attached hydrogens (tertiary/aromatic N) is 4. The van der Waals surface area contributed by atoms with Gasteiger partial charge in [0.15, 0.2) is 0 Å². The predicted molar refractivity (Wildman–Crippen MR) is 256 cm³/mol. The van der Waals surface area contributed by atoms with Crippen LogP contribution in [0.5, 0.6) is 0 Å². The summed E-state index contributed by atoms with van der Waals surface area (Å²) in [5.74, 6) is 0. The van der Waals surface area contributed by atoms with E-state index in [9.17, 15) is 0 Å². The number of hydrogen-bond donors (Lipinski definition) is 0. The molecule has 5 aromatic carbocycles. The summed E-state index contributed by atoms with van der Waals surface area (Å²) in [6.45, 7) is 27.6. The quantitative estimate of drug-likeness (QED) is 0.0830. The van der Waals surface area contributed by atoms with E-state index >= 15 is 0 Å². The first kappa shape index (κ1) is 45.4. The van der Waals surface area contributed by atoms with Crippen molar-refractivity contribution in [2.75, 3.05) is 79.1 Å². The van der Waals surface area contributed by atoms with Crippen LogP contribution >= 0.6 is 0 Å². The van der Waals surface area contributed by atoms with Gasteiger partial charge in [-0.3, -0.25) is 0 Å². The standard InChI is InChI=1S/C46H62N4O.C7H8/c1-10-47(11-2)40-26-18-36(19-27-40)45(37-20-28-41(29-21-37)48(12-3)13-4)34-44(51-9)35-46(38-22-30-42(31-23-38)49(14-5)15-6)39-24-32-43(33-25-39)50(16-7)17-8;1-7-5-3-2-4-6-7/h18-35,44H,10-17H2,1-9H3;2-6H,1H3. The van der Waals surface area contributed by atoms with Crippen LogP contribution in [-0.2, 0) is 4.74 Å². The van der Waals surface area contributed by atoms with Crippen LogP contribution in [0, 0.1) is 6.92 Å². The molecule has 5 rings (SSSR count). The van der Waals surface area contributed by atoms with Gasteiger partial charge in [-0.25, -0.2) is 0 Å². The van der Waals surface area contributed by atoms with Crippen molar-refractivity contribution in [1.82, 2.24) is 0 Å². The van der Waals surface area contributed by atoms with Crippen LogP contribution in [0.25, 0.3) is 11.1 Å². The second-order valence-corrected chi connectivity index (χ2v) is 14.4. The Morgan fingerprint density at radius 3 is 0.810 bits per heavy atom. The number of benzene rings is 5. The number of aryl methyl sites for hydroxylation is 1. The molecule has 0 aliphatic heterocycles.